The van der Waals surface area contributed by atoms with Crippen LogP contribution in [0.5, 0.6) is 0 Å². The average molecular weight is 775 g/mol. The normalized spacial score (nSPS) is 12.7. The van der Waals surface area contributed by atoms with E-state index in [-0.39, 0.29) is 0 Å². The van der Waals surface area contributed by atoms with Gasteiger partial charge in [0.25, 0.3) is 0 Å². The summed E-state index contributed by atoms with van der Waals surface area (Å²) in [6.45, 7) is 0. The summed E-state index contributed by atoms with van der Waals surface area (Å²) in [6, 6.07) is 83.8. The van der Waals surface area contributed by atoms with Gasteiger partial charge >= 0.3 is 0 Å². The zero-order valence-corrected chi connectivity index (χ0v) is 33.3. The van der Waals surface area contributed by atoms with E-state index in [4.69, 9.17) is 9.97 Å². The maximum absolute atomic E-state index is 5.32. The predicted octanol–water partition coefficient (Wildman–Crippen LogP) is 15.0. The van der Waals surface area contributed by atoms with E-state index < -0.39 is 5.41 Å². The van der Waals surface area contributed by atoms with Gasteiger partial charge in [0.05, 0.1) is 16.8 Å². The molecule has 1 aliphatic carbocycles. The van der Waals surface area contributed by atoms with Crippen molar-refractivity contribution in [1.82, 2.24) is 9.97 Å². The van der Waals surface area contributed by atoms with Gasteiger partial charge in [0.15, 0.2) is 5.82 Å². The molecule has 0 atom stereocenters. The lowest BCUT2D eigenvalue weighted by molar-refractivity contribution is 0.771. The molecular weight excluding hydrogens is 737 g/mol. The Kier molecular flexibility index (Phi) is 8.11. The summed E-state index contributed by atoms with van der Waals surface area (Å²) in [7, 11) is 0. The van der Waals surface area contributed by atoms with Crippen LogP contribution < -0.4 is 0 Å². The second-order valence-corrected chi connectivity index (χ2v) is 16.1. The fourth-order valence-electron chi connectivity index (χ4n) is 10.0. The van der Waals surface area contributed by atoms with Gasteiger partial charge in [-0.25, -0.2) is 9.97 Å². The lowest BCUT2D eigenvalue weighted by atomic mass is 9.66. The number of nitrogens with zero attached hydrogens (tertiary/aromatic N) is 2. The molecule has 11 aromatic rings. The van der Waals surface area contributed by atoms with E-state index in [1.807, 2.05) is 6.07 Å². The fraction of sp³-hybridized carbons (Fsp3) is 0.0169. The highest BCUT2D eigenvalue weighted by atomic mass is 14.9. The molecule has 0 saturated heterocycles. The van der Waals surface area contributed by atoms with Crippen LogP contribution in [0.25, 0.3) is 88.5 Å². The van der Waals surface area contributed by atoms with Crippen molar-refractivity contribution < 1.29 is 0 Å². The standard InChI is InChI=1S/C59H38N2/c1-4-18-40(19-5-1)58-60-55(44-32-31-39-17-10-11-20-41(39)35-44)38-56(61-58)50-34-33-49(47-27-14-15-28-48(47)50)51-29-16-30-52-53-36-42-21-12-13-22-43(42)37-54(53)59(57(51)52,45-23-6-2-7-24-45)46-25-8-3-9-26-46/h1-38H. The second kappa shape index (κ2) is 14.1. The molecular formula is C59H38N2. The minimum absolute atomic E-state index is 0.570. The summed E-state index contributed by atoms with van der Waals surface area (Å²) in [4.78, 5) is 10.5. The van der Waals surface area contributed by atoms with Crippen LogP contribution in [-0.2, 0) is 5.41 Å². The summed E-state index contributed by atoms with van der Waals surface area (Å²) in [6.07, 6.45) is 0. The van der Waals surface area contributed by atoms with Gasteiger partial charge < -0.3 is 0 Å². The van der Waals surface area contributed by atoms with Crippen LogP contribution in [0.3, 0.4) is 0 Å². The third kappa shape index (κ3) is 5.57. The number of hydrogen-bond donors (Lipinski definition) is 0. The van der Waals surface area contributed by atoms with E-state index in [0.29, 0.717) is 5.82 Å². The van der Waals surface area contributed by atoms with Crippen LogP contribution >= 0.6 is 0 Å². The van der Waals surface area contributed by atoms with E-state index in [1.54, 1.807) is 0 Å². The van der Waals surface area contributed by atoms with Crippen molar-refractivity contribution in [2.24, 2.45) is 0 Å². The first-order valence-electron chi connectivity index (χ1n) is 21.0. The van der Waals surface area contributed by atoms with Crippen LogP contribution in [0.2, 0.25) is 0 Å². The Bertz CT molecular complexity index is 3420. The molecule has 0 spiro atoms. The molecule has 0 amide bonds. The molecule has 0 fully saturated rings. The van der Waals surface area contributed by atoms with Crippen LogP contribution in [-0.4, -0.2) is 9.97 Å². The second-order valence-electron chi connectivity index (χ2n) is 16.1. The van der Waals surface area contributed by atoms with Gasteiger partial charge in [-0.15, -0.1) is 0 Å². The number of benzene rings is 10. The number of aromatic nitrogens is 2. The minimum Gasteiger partial charge on any atom is -0.228 e. The molecule has 61 heavy (non-hydrogen) atoms. The van der Waals surface area contributed by atoms with Crippen molar-refractivity contribution in [1.29, 1.82) is 0 Å². The SMILES string of the molecule is c1ccc(-c2nc(-c3ccc4ccccc4c3)cc(-c3ccc(-c4cccc5c4C(c4ccccc4)(c4ccccc4)c4cc6ccccc6cc4-5)c4ccccc34)n2)cc1. The van der Waals surface area contributed by atoms with Crippen LogP contribution in [0.1, 0.15) is 22.3 Å². The van der Waals surface area contributed by atoms with Crippen molar-refractivity contribution in [3.8, 4) is 56.2 Å². The molecule has 10 aromatic carbocycles. The number of fused-ring (bicyclic) bond motifs is 6. The molecule has 1 aliphatic rings. The maximum Gasteiger partial charge on any atom is 0.160 e. The Hall–Kier alpha value is -7.94. The minimum atomic E-state index is -0.570. The van der Waals surface area contributed by atoms with Crippen molar-refractivity contribution in [3.63, 3.8) is 0 Å². The molecule has 284 valence electrons. The Morgan fingerprint density at radius 1 is 0.295 bits per heavy atom. The molecule has 1 aromatic heterocycles. The van der Waals surface area contributed by atoms with Gasteiger partial charge in [0, 0.05) is 16.7 Å². The summed E-state index contributed by atoms with van der Waals surface area (Å²) >= 11 is 0. The highest BCUT2D eigenvalue weighted by Gasteiger charge is 2.48. The highest BCUT2D eigenvalue weighted by Crippen LogP contribution is 2.60. The van der Waals surface area contributed by atoms with Crippen LogP contribution in [0.4, 0.5) is 0 Å². The first-order valence-corrected chi connectivity index (χ1v) is 21.0. The van der Waals surface area contributed by atoms with Crippen molar-refractivity contribution >= 4 is 32.3 Å². The van der Waals surface area contributed by atoms with Crippen LogP contribution in [0.15, 0.2) is 231 Å². The summed E-state index contributed by atoms with van der Waals surface area (Å²) < 4.78 is 0. The van der Waals surface area contributed by atoms with E-state index in [9.17, 15) is 0 Å². The average Bonchev–Trinajstić information content (AvgIpc) is 3.63. The largest absolute Gasteiger partial charge is 0.228 e. The Morgan fingerprint density at radius 2 is 0.820 bits per heavy atom. The third-order valence-corrected chi connectivity index (χ3v) is 12.7. The van der Waals surface area contributed by atoms with Gasteiger partial charge in [0.2, 0.25) is 0 Å². The van der Waals surface area contributed by atoms with Crippen molar-refractivity contribution in [3.05, 3.63) is 253 Å². The van der Waals surface area contributed by atoms with Gasteiger partial charge in [-0.2, -0.15) is 0 Å². The molecule has 0 N–H and O–H groups in total. The third-order valence-electron chi connectivity index (χ3n) is 12.7. The number of hydrogen-bond acceptors (Lipinski definition) is 2. The fourth-order valence-corrected chi connectivity index (χ4v) is 10.0. The molecule has 0 aliphatic heterocycles. The zero-order valence-electron chi connectivity index (χ0n) is 33.3. The maximum atomic E-state index is 5.32. The van der Waals surface area contributed by atoms with Crippen LogP contribution in [0, 0.1) is 0 Å². The molecule has 1 heterocycles. The first kappa shape index (κ1) is 35.0. The lowest BCUT2D eigenvalue weighted by Crippen LogP contribution is -2.29. The zero-order chi connectivity index (χ0) is 40.3. The molecule has 0 bridgehead atoms. The Morgan fingerprint density at radius 3 is 1.51 bits per heavy atom. The van der Waals surface area contributed by atoms with Gasteiger partial charge in [-0.3, -0.25) is 0 Å². The summed E-state index contributed by atoms with van der Waals surface area (Å²) in [5.41, 5.74) is 14.4. The van der Waals surface area contributed by atoms with Gasteiger partial charge in [0.1, 0.15) is 0 Å². The quantitative estimate of drug-likeness (QED) is 0.168. The summed E-state index contributed by atoms with van der Waals surface area (Å²) in [5, 5.41) is 7.20. The van der Waals surface area contributed by atoms with Gasteiger partial charge in [-0.1, -0.05) is 206 Å². The molecule has 0 radical (unpaired) electrons. The number of rotatable bonds is 6. The van der Waals surface area contributed by atoms with Crippen molar-refractivity contribution in [2.75, 3.05) is 0 Å². The highest BCUT2D eigenvalue weighted by molar-refractivity contribution is 6.08. The van der Waals surface area contributed by atoms with E-state index >= 15 is 0 Å². The lowest BCUT2D eigenvalue weighted by Gasteiger charge is -2.35. The van der Waals surface area contributed by atoms with E-state index in [2.05, 4.69) is 224 Å². The predicted molar refractivity (Wildman–Crippen MR) is 254 cm³/mol. The molecule has 2 nitrogen and oxygen atoms in total. The monoisotopic (exact) mass is 774 g/mol. The summed E-state index contributed by atoms with van der Waals surface area (Å²) in [5.74, 6) is 0.705. The topological polar surface area (TPSA) is 25.8 Å². The Balaban J connectivity index is 1.12. The molecule has 12 rings (SSSR count). The van der Waals surface area contributed by atoms with E-state index in [1.165, 1.54) is 71.4 Å². The molecule has 0 unspecified atom stereocenters. The van der Waals surface area contributed by atoms with E-state index in [0.717, 1.165) is 33.5 Å². The van der Waals surface area contributed by atoms with Crippen molar-refractivity contribution in [2.45, 2.75) is 5.41 Å². The van der Waals surface area contributed by atoms with Gasteiger partial charge in [-0.05, 0) is 101 Å². The Labute approximate surface area is 355 Å². The molecule has 2 heteroatoms. The smallest absolute Gasteiger partial charge is 0.160 e. The first-order chi connectivity index (χ1) is 30.2. The molecule has 0 saturated carbocycles.